The van der Waals surface area contributed by atoms with Crippen molar-refractivity contribution in [3.05, 3.63) is 29.7 Å². The maximum Gasteiger partial charge on any atom is 0.222 e. The second-order valence-corrected chi connectivity index (χ2v) is 5.92. The summed E-state index contributed by atoms with van der Waals surface area (Å²) >= 11 is 0. The van der Waals surface area contributed by atoms with Crippen molar-refractivity contribution in [2.75, 3.05) is 18.4 Å². The average molecular weight is 302 g/mol. The van der Waals surface area contributed by atoms with E-state index in [0.717, 1.165) is 26.1 Å². The highest BCUT2D eigenvalue weighted by molar-refractivity contribution is 5.87. The van der Waals surface area contributed by atoms with Crippen molar-refractivity contribution < 1.29 is 4.79 Å². The Kier molecular flexibility index (Phi) is 3.98. The third-order valence-corrected chi connectivity index (χ3v) is 4.26. The summed E-state index contributed by atoms with van der Waals surface area (Å²) in [7, 11) is 1.97. The smallest absolute Gasteiger partial charge is 0.222 e. The Labute approximate surface area is 129 Å². The minimum Gasteiger partial charge on any atom is -0.309 e. The van der Waals surface area contributed by atoms with E-state index < -0.39 is 0 Å². The van der Waals surface area contributed by atoms with Crippen molar-refractivity contribution in [1.82, 2.24) is 24.5 Å². The summed E-state index contributed by atoms with van der Waals surface area (Å²) in [6, 6.07) is 2.20. The Balaban J connectivity index is 1.61. The Hall–Kier alpha value is -2.15. The summed E-state index contributed by atoms with van der Waals surface area (Å²) in [5.41, 5.74) is 2.50. The highest BCUT2D eigenvalue weighted by Crippen LogP contribution is 2.24. The molecule has 0 unspecified atom stereocenters. The molecule has 1 amide bonds. The molecule has 2 aromatic rings. The number of carbonyl (C=O) groups is 1. The number of hydrogen-bond donors (Lipinski definition) is 1. The SMILES string of the molecule is CC(=O)Nc1ccn([C@H]2CCN(Cc3cnn(C)c3C)C2)n1. The van der Waals surface area contributed by atoms with Gasteiger partial charge in [0.15, 0.2) is 5.82 Å². The Bertz CT molecular complexity index is 673. The van der Waals surface area contributed by atoms with Gasteiger partial charge >= 0.3 is 0 Å². The lowest BCUT2D eigenvalue weighted by Crippen LogP contribution is -2.21. The number of likely N-dealkylation sites (tertiary alicyclic amines) is 1. The highest BCUT2D eigenvalue weighted by atomic mass is 16.1. The number of nitrogens with zero attached hydrogens (tertiary/aromatic N) is 5. The fourth-order valence-electron chi connectivity index (χ4n) is 2.90. The highest BCUT2D eigenvalue weighted by Gasteiger charge is 2.25. The molecule has 0 aromatic carbocycles. The van der Waals surface area contributed by atoms with Crippen molar-refractivity contribution in [2.24, 2.45) is 7.05 Å². The van der Waals surface area contributed by atoms with Crippen LogP contribution >= 0.6 is 0 Å². The van der Waals surface area contributed by atoms with Crippen LogP contribution in [0.3, 0.4) is 0 Å². The molecule has 1 saturated heterocycles. The normalized spacial score (nSPS) is 18.8. The molecular weight excluding hydrogens is 280 g/mol. The zero-order valence-corrected chi connectivity index (χ0v) is 13.3. The molecule has 1 fully saturated rings. The van der Waals surface area contributed by atoms with Crippen molar-refractivity contribution in [3.8, 4) is 0 Å². The van der Waals surface area contributed by atoms with E-state index in [2.05, 4.69) is 27.3 Å². The van der Waals surface area contributed by atoms with Crippen LogP contribution in [0.1, 0.15) is 30.6 Å². The number of hydrogen-bond acceptors (Lipinski definition) is 4. The van der Waals surface area contributed by atoms with Gasteiger partial charge in [-0.15, -0.1) is 0 Å². The van der Waals surface area contributed by atoms with Gasteiger partial charge in [-0.3, -0.25) is 19.1 Å². The van der Waals surface area contributed by atoms with Crippen LogP contribution in [-0.4, -0.2) is 43.5 Å². The summed E-state index contributed by atoms with van der Waals surface area (Å²) in [5.74, 6) is 0.527. The van der Waals surface area contributed by atoms with Crippen LogP contribution in [0, 0.1) is 6.92 Å². The number of rotatable bonds is 4. The fourth-order valence-corrected chi connectivity index (χ4v) is 2.90. The first kappa shape index (κ1) is 14.8. The minimum absolute atomic E-state index is 0.0923. The van der Waals surface area contributed by atoms with Crippen LogP contribution in [0.2, 0.25) is 0 Å². The van der Waals surface area contributed by atoms with Crippen molar-refractivity contribution >= 4 is 11.7 Å². The lowest BCUT2D eigenvalue weighted by atomic mass is 10.2. The van der Waals surface area contributed by atoms with Gasteiger partial charge in [0.25, 0.3) is 0 Å². The number of aromatic nitrogens is 4. The lowest BCUT2D eigenvalue weighted by Gasteiger charge is -2.16. The van der Waals surface area contributed by atoms with E-state index >= 15 is 0 Å². The predicted molar refractivity (Wildman–Crippen MR) is 83.4 cm³/mol. The molecule has 1 atom stereocenters. The minimum atomic E-state index is -0.0923. The van der Waals surface area contributed by atoms with Gasteiger partial charge < -0.3 is 5.32 Å². The molecule has 0 aliphatic carbocycles. The molecule has 7 heteroatoms. The van der Waals surface area contributed by atoms with Gasteiger partial charge in [-0.1, -0.05) is 0 Å². The monoisotopic (exact) mass is 302 g/mol. The first-order valence-corrected chi connectivity index (χ1v) is 7.55. The van der Waals surface area contributed by atoms with Crippen LogP contribution in [-0.2, 0) is 18.4 Å². The maximum atomic E-state index is 11.1. The molecule has 1 aliphatic heterocycles. The van der Waals surface area contributed by atoms with Crippen LogP contribution < -0.4 is 5.32 Å². The first-order chi connectivity index (χ1) is 10.5. The van der Waals surface area contributed by atoms with E-state index in [1.807, 2.05) is 34.9 Å². The third kappa shape index (κ3) is 3.04. The van der Waals surface area contributed by atoms with E-state index in [4.69, 9.17) is 0 Å². The standard InChI is InChI=1S/C15H22N6O/c1-11-13(8-16-19(11)3)9-20-6-4-14(10-20)21-7-5-15(18-21)17-12(2)22/h5,7-8,14H,4,6,9-10H2,1-3H3,(H,17,18,22)/t14-/m0/s1. The number of carbonyl (C=O) groups excluding carboxylic acids is 1. The van der Waals surface area contributed by atoms with Gasteiger partial charge in [-0.2, -0.15) is 10.2 Å². The van der Waals surface area contributed by atoms with Gasteiger partial charge in [0, 0.05) is 57.1 Å². The van der Waals surface area contributed by atoms with E-state index in [1.165, 1.54) is 18.2 Å². The summed E-state index contributed by atoms with van der Waals surface area (Å²) in [5, 5.41) is 11.5. The Morgan fingerprint density at radius 3 is 3.00 bits per heavy atom. The maximum absolute atomic E-state index is 11.1. The topological polar surface area (TPSA) is 68.0 Å². The summed E-state index contributed by atoms with van der Waals surface area (Å²) in [4.78, 5) is 13.5. The van der Waals surface area contributed by atoms with Crippen molar-refractivity contribution in [1.29, 1.82) is 0 Å². The summed E-state index contributed by atoms with van der Waals surface area (Å²) < 4.78 is 3.87. The largest absolute Gasteiger partial charge is 0.309 e. The molecule has 1 N–H and O–H groups in total. The van der Waals surface area contributed by atoms with Crippen LogP contribution in [0.4, 0.5) is 5.82 Å². The van der Waals surface area contributed by atoms with Gasteiger partial charge in [-0.05, 0) is 13.3 Å². The lowest BCUT2D eigenvalue weighted by molar-refractivity contribution is -0.114. The molecule has 1 aliphatic rings. The Morgan fingerprint density at radius 1 is 1.50 bits per heavy atom. The number of amides is 1. The van der Waals surface area contributed by atoms with Crippen LogP contribution in [0.25, 0.3) is 0 Å². The molecule has 2 aromatic heterocycles. The van der Waals surface area contributed by atoms with Gasteiger partial charge in [0.05, 0.1) is 12.2 Å². The zero-order chi connectivity index (χ0) is 15.7. The molecule has 0 saturated carbocycles. The molecule has 0 spiro atoms. The van der Waals surface area contributed by atoms with Crippen molar-refractivity contribution in [2.45, 2.75) is 32.9 Å². The third-order valence-electron chi connectivity index (χ3n) is 4.26. The quantitative estimate of drug-likeness (QED) is 0.925. The first-order valence-electron chi connectivity index (χ1n) is 7.55. The van der Waals surface area contributed by atoms with E-state index in [0.29, 0.717) is 11.9 Å². The second-order valence-electron chi connectivity index (χ2n) is 5.92. The molecule has 0 radical (unpaired) electrons. The van der Waals surface area contributed by atoms with E-state index in [1.54, 1.807) is 0 Å². The molecule has 3 heterocycles. The molecule has 22 heavy (non-hydrogen) atoms. The summed E-state index contributed by atoms with van der Waals surface area (Å²) in [6.45, 7) is 6.54. The Morgan fingerprint density at radius 2 is 2.32 bits per heavy atom. The van der Waals surface area contributed by atoms with Gasteiger partial charge in [0.1, 0.15) is 0 Å². The molecule has 118 valence electrons. The molecule has 0 bridgehead atoms. The predicted octanol–water partition coefficient (Wildman–Crippen LogP) is 1.33. The fraction of sp³-hybridized carbons (Fsp3) is 0.533. The zero-order valence-electron chi connectivity index (χ0n) is 13.3. The number of anilines is 1. The number of aryl methyl sites for hydroxylation is 1. The number of nitrogens with one attached hydrogen (secondary N) is 1. The van der Waals surface area contributed by atoms with E-state index in [9.17, 15) is 4.79 Å². The molecule has 7 nitrogen and oxygen atoms in total. The van der Waals surface area contributed by atoms with Crippen LogP contribution in [0.15, 0.2) is 18.5 Å². The average Bonchev–Trinajstić information content (AvgIpc) is 3.16. The second kappa shape index (κ2) is 5.92. The van der Waals surface area contributed by atoms with E-state index in [-0.39, 0.29) is 5.91 Å². The summed E-state index contributed by atoms with van der Waals surface area (Å²) in [6.07, 6.45) is 4.96. The molecule has 3 rings (SSSR count). The molecular formula is C15H22N6O. The van der Waals surface area contributed by atoms with Crippen LogP contribution in [0.5, 0.6) is 0 Å². The van der Waals surface area contributed by atoms with Gasteiger partial charge in [-0.25, -0.2) is 0 Å². The van der Waals surface area contributed by atoms with Crippen molar-refractivity contribution in [3.63, 3.8) is 0 Å². The van der Waals surface area contributed by atoms with Gasteiger partial charge in [0.2, 0.25) is 5.91 Å².